The lowest BCUT2D eigenvalue weighted by atomic mass is 10.4. The summed E-state index contributed by atoms with van der Waals surface area (Å²) in [6.07, 6.45) is -4.36. The van der Waals surface area contributed by atoms with Crippen molar-refractivity contribution in [1.29, 1.82) is 0 Å². The first kappa shape index (κ1) is 13.9. The van der Waals surface area contributed by atoms with Gasteiger partial charge in [0.25, 0.3) is 0 Å². The summed E-state index contributed by atoms with van der Waals surface area (Å²) in [5, 5.41) is 2.52. The molecule has 0 aromatic rings. The Kier molecular flexibility index (Phi) is 7.24. The fourth-order valence-electron chi connectivity index (χ4n) is 0.628. The van der Waals surface area contributed by atoms with Crippen molar-refractivity contribution in [3.8, 4) is 0 Å². The molecule has 14 heavy (non-hydrogen) atoms. The number of hydrogen-bond acceptors (Lipinski definition) is 2. The van der Waals surface area contributed by atoms with Gasteiger partial charge in [0, 0.05) is 17.4 Å². The Bertz CT molecular complexity index is 175. The molecule has 0 aromatic heterocycles. The van der Waals surface area contributed by atoms with Crippen molar-refractivity contribution in [2.45, 2.75) is 12.6 Å². The highest BCUT2D eigenvalue weighted by Crippen LogP contribution is 2.14. The van der Waals surface area contributed by atoms with E-state index in [9.17, 15) is 18.0 Å². The fourth-order valence-corrected chi connectivity index (χ4v) is 0.898. The van der Waals surface area contributed by atoms with Gasteiger partial charge in [0.05, 0.1) is 6.61 Å². The zero-order chi connectivity index (χ0) is 11.0. The maximum atomic E-state index is 11.6. The Morgan fingerprint density at radius 1 is 1.43 bits per heavy atom. The van der Waals surface area contributed by atoms with Crippen LogP contribution in [0, 0.1) is 0 Å². The predicted molar refractivity (Wildman–Crippen MR) is 53.4 cm³/mol. The molecule has 0 bridgehead atoms. The molecule has 7 heteroatoms. The lowest BCUT2D eigenvalue weighted by molar-refractivity contribution is -0.174. The number of nitrogens with one attached hydrogen (secondary N) is 1. The molecule has 0 heterocycles. The number of carbonyl (C=O) groups is 1. The van der Waals surface area contributed by atoms with Gasteiger partial charge in [0.2, 0.25) is 5.91 Å². The molecule has 0 aliphatic heterocycles. The quantitative estimate of drug-likeness (QED) is 0.457. The summed E-state index contributed by atoms with van der Waals surface area (Å²) in [6.45, 7) is -0.974. The van der Waals surface area contributed by atoms with Crippen LogP contribution in [0.3, 0.4) is 0 Å². The van der Waals surface area contributed by atoms with Crippen LogP contribution in [0.1, 0.15) is 6.42 Å². The van der Waals surface area contributed by atoms with E-state index < -0.39 is 12.8 Å². The fraction of sp³-hybridized carbons (Fsp3) is 0.857. The average Bonchev–Trinajstić information content (AvgIpc) is 2.07. The Morgan fingerprint density at radius 2 is 2.07 bits per heavy atom. The van der Waals surface area contributed by atoms with Crippen LogP contribution in [0.2, 0.25) is 0 Å². The van der Waals surface area contributed by atoms with E-state index in [2.05, 4.69) is 32.6 Å². The molecule has 0 radical (unpaired) electrons. The Morgan fingerprint density at radius 3 is 2.57 bits per heavy atom. The number of carbonyl (C=O) groups excluding carboxylic acids is 1. The van der Waals surface area contributed by atoms with Gasteiger partial charge in [-0.2, -0.15) is 13.2 Å². The molecule has 0 fully saturated rings. The van der Waals surface area contributed by atoms with Gasteiger partial charge in [-0.25, -0.2) is 0 Å². The standard InChI is InChI=1S/C7H11F3INO2/c8-7(9,10)5-14-4-1-6(13)12-3-2-11/h1-5H2,(H,12,13). The Balaban J connectivity index is 3.32. The summed E-state index contributed by atoms with van der Waals surface area (Å²) in [6, 6.07) is 0. The second-order valence-electron chi connectivity index (χ2n) is 2.46. The number of rotatable bonds is 6. The normalized spacial score (nSPS) is 11.4. The molecule has 0 rings (SSSR count). The van der Waals surface area contributed by atoms with Gasteiger partial charge in [-0.3, -0.25) is 4.79 Å². The molecule has 1 N–H and O–H groups in total. The SMILES string of the molecule is O=C(CCOCC(F)(F)F)NCCI. The van der Waals surface area contributed by atoms with Gasteiger partial charge in [-0.15, -0.1) is 0 Å². The molecule has 1 amide bonds. The van der Waals surface area contributed by atoms with E-state index in [1.807, 2.05) is 0 Å². The van der Waals surface area contributed by atoms with E-state index in [0.717, 1.165) is 4.43 Å². The maximum Gasteiger partial charge on any atom is 0.411 e. The maximum absolute atomic E-state index is 11.6. The molecular formula is C7H11F3INO2. The Hall–Kier alpha value is -0.0500. The average molecular weight is 325 g/mol. The number of amides is 1. The van der Waals surface area contributed by atoms with Crippen molar-refractivity contribution in [3.05, 3.63) is 0 Å². The van der Waals surface area contributed by atoms with Crippen LogP contribution >= 0.6 is 22.6 Å². The van der Waals surface area contributed by atoms with Crippen molar-refractivity contribution in [3.63, 3.8) is 0 Å². The molecule has 3 nitrogen and oxygen atoms in total. The van der Waals surface area contributed by atoms with Crippen molar-refractivity contribution < 1.29 is 22.7 Å². The third kappa shape index (κ3) is 10.0. The minimum Gasteiger partial charge on any atom is -0.372 e. The van der Waals surface area contributed by atoms with E-state index in [0.29, 0.717) is 6.54 Å². The molecule has 0 saturated carbocycles. The summed E-state index contributed by atoms with van der Waals surface area (Å²) in [7, 11) is 0. The molecule has 0 atom stereocenters. The van der Waals surface area contributed by atoms with Crippen molar-refractivity contribution in [2.75, 3.05) is 24.2 Å². The molecule has 0 saturated heterocycles. The van der Waals surface area contributed by atoms with Gasteiger partial charge < -0.3 is 10.1 Å². The van der Waals surface area contributed by atoms with E-state index in [4.69, 9.17) is 0 Å². The molecule has 0 aromatic carbocycles. The zero-order valence-electron chi connectivity index (χ0n) is 7.36. The van der Waals surface area contributed by atoms with E-state index in [-0.39, 0.29) is 18.9 Å². The van der Waals surface area contributed by atoms with Crippen LogP contribution in [0.5, 0.6) is 0 Å². The number of alkyl halides is 4. The Labute approximate surface area is 93.5 Å². The summed E-state index contributed by atoms with van der Waals surface area (Å²) in [5.74, 6) is -0.288. The van der Waals surface area contributed by atoms with Crippen molar-refractivity contribution in [1.82, 2.24) is 5.32 Å². The van der Waals surface area contributed by atoms with Gasteiger partial charge in [-0.05, 0) is 0 Å². The van der Waals surface area contributed by atoms with Gasteiger partial charge in [0.15, 0.2) is 0 Å². The first-order chi connectivity index (χ1) is 6.45. The van der Waals surface area contributed by atoms with Crippen LogP contribution in [0.4, 0.5) is 13.2 Å². The van der Waals surface area contributed by atoms with Gasteiger partial charge >= 0.3 is 6.18 Å². The van der Waals surface area contributed by atoms with Crippen LogP contribution in [-0.4, -0.2) is 36.3 Å². The molecule has 0 spiro atoms. The first-order valence-electron chi connectivity index (χ1n) is 3.93. The summed E-state index contributed by atoms with van der Waals surface area (Å²) < 4.78 is 39.7. The number of hydrogen-bond donors (Lipinski definition) is 1. The monoisotopic (exact) mass is 325 g/mol. The molecule has 0 unspecified atom stereocenters. The minimum atomic E-state index is -4.32. The molecule has 84 valence electrons. The number of halogens is 4. The lowest BCUT2D eigenvalue weighted by Gasteiger charge is -2.07. The summed E-state index contributed by atoms with van der Waals surface area (Å²) >= 11 is 2.08. The largest absolute Gasteiger partial charge is 0.411 e. The second-order valence-corrected chi connectivity index (χ2v) is 3.54. The van der Waals surface area contributed by atoms with Crippen LogP contribution in [-0.2, 0) is 9.53 Å². The highest BCUT2D eigenvalue weighted by atomic mass is 127. The highest BCUT2D eigenvalue weighted by Gasteiger charge is 2.27. The third-order valence-electron chi connectivity index (χ3n) is 1.16. The molecule has 0 aliphatic carbocycles. The predicted octanol–water partition coefficient (Wildman–Crippen LogP) is 1.51. The lowest BCUT2D eigenvalue weighted by Crippen LogP contribution is -2.27. The topological polar surface area (TPSA) is 38.3 Å². The summed E-state index contributed by atoms with van der Waals surface area (Å²) in [4.78, 5) is 10.9. The van der Waals surface area contributed by atoms with Gasteiger partial charge in [0.1, 0.15) is 6.61 Å². The molecule has 0 aliphatic rings. The molecular weight excluding hydrogens is 314 g/mol. The van der Waals surface area contributed by atoms with E-state index in [1.165, 1.54) is 0 Å². The smallest absolute Gasteiger partial charge is 0.372 e. The van der Waals surface area contributed by atoms with Crippen LogP contribution in [0.25, 0.3) is 0 Å². The van der Waals surface area contributed by atoms with Crippen LogP contribution < -0.4 is 5.32 Å². The third-order valence-corrected chi connectivity index (χ3v) is 1.70. The van der Waals surface area contributed by atoms with Gasteiger partial charge in [-0.1, -0.05) is 22.6 Å². The van der Waals surface area contributed by atoms with E-state index >= 15 is 0 Å². The van der Waals surface area contributed by atoms with E-state index in [1.54, 1.807) is 0 Å². The first-order valence-corrected chi connectivity index (χ1v) is 5.45. The van der Waals surface area contributed by atoms with Crippen LogP contribution in [0.15, 0.2) is 0 Å². The van der Waals surface area contributed by atoms with Crippen molar-refractivity contribution >= 4 is 28.5 Å². The second kappa shape index (κ2) is 7.27. The van der Waals surface area contributed by atoms with Crippen molar-refractivity contribution in [2.24, 2.45) is 0 Å². The zero-order valence-corrected chi connectivity index (χ0v) is 9.52. The highest BCUT2D eigenvalue weighted by molar-refractivity contribution is 14.1. The summed E-state index contributed by atoms with van der Waals surface area (Å²) in [5.41, 5.74) is 0. The number of ether oxygens (including phenoxy) is 1. The minimum absolute atomic E-state index is 0.0350.